The fourth-order valence-electron chi connectivity index (χ4n) is 2.24. The van der Waals surface area contributed by atoms with Crippen LogP contribution in [0.2, 0.25) is 0 Å². The minimum absolute atomic E-state index is 0.102. The molecule has 0 amide bonds. The Labute approximate surface area is 141 Å². The molecule has 0 aromatic carbocycles. The molecule has 0 spiro atoms. The Morgan fingerprint density at radius 3 is 2.58 bits per heavy atom. The normalized spacial score (nSPS) is 12.2. The summed E-state index contributed by atoms with van der Waals surface area (Å²) in [5.41, 5.74) is -0.224. The number of aryl methyl sites for hydroxylation is 1. The highest BCUT2D eigenvalue weighted by atomic mass is 32.2. The fraction of sp³-hybridized carbons (Fsp3) is 0.467. The van der Waals surface area contributed by atoms with E-state index in [2.05, 4.69) is 35.7 Å². The van der Waals surface area contributed by atoms with Gasteiger partial charge in [-0.05, 0) is 0 Å². The topological polar surface area (TPSA) is 98.7 Å². The number of thioether (sulfide) groups is 1. The van der Waals surface area contributed by atoms with Crippen molar-refractivity contribution in [3.63, 3.8) is 0 Å². The molecule has 8 nitrogen and oxygen atoms in total. The zero-order chi connectivity index (χ0) is 17.6. The van der Waals surface area contributed by atoms with E-state index in [9.17, 15) is 9.59 Å². The van der Waals surface area contributed by atoms with Gasteiger partial charge in [-0.25, -0.2) is 14.8 Å². The van der Waals surface area contributed by atoms with Crippen molar-refractivity contribution in [3.05, 3.63) is 38.6 Å². The Balaban J connectivity index is 1.88. The molecule has 0 aliphatic heterocycles. The summed E-state index contributed by atoms with van der Waals surface area (Å²) in [5.74, 6) is 1.85. The molecule has 0 aliphatic rings. The lowest BCUT2D eigenvalue weighted by Crippen LogP contribution is -2.36. The predicted octanol–water partition coefficient (Wildman–Crippen LogP) is 1.54. The first-order valence-corrected chi connectivity index (χ1v) is 8.40. The first kappa shape index (κ1) is 16.6. The van der Waals surface area contributed by atoms with E-state index in [1.54, 1.807) is 13.2 Å². The second-order valence-electron chi connectivity index (χ2n) is 6.62. The van der Waals surface area contributed by atoms with Crippen molar-refractivity contribution in [1.29, 1.82) is 0 Å². The average Bonchev–Trinajstić information content (AvgIpc) is 3.15. The summed E-state index contributed by atoms with van der Waals surface area (Å²) in [7, 11) is 3.03. The second kappa shape index (κ2) is 5.66. The monoisotopic (exact) mass is 349 g/mol. The van der Waals surface area contributed by atoms with Gasteiger partial charge in [0.1, 0.15) is 17.1 Å². The smallest absolute Gasteiger partial charge is 0.332 e. The molecule has 0 saturated carbocycles. The molecule has 3 aromatic heterocycles. The van der Waals surface area contributed by atoms with E-state index in [0.29, 0.717) is 28.0 Å². The molecule has 9 heteroatoms. The average molecular weight is 349 g/mol. The molecule has 3 aromatic rings. The summed E-state index contributed by atoms with van der Waals surface area (Å²) in [6, 6.07) is 0. The number of nitrogens with zero attached hydrogens (tertiary/aromatic N) is 4. The van der Waals surface area contributed by atoms with Crippen molar-refractivity contribution in [2.45, 2.75) is 37.2 Å². The number of rotatable bonds is 3. The van der Waals surface area contributed by atoms with Gasteiger partial charge in [0.15, 0.2) is 5.65 Å². The van der Waals surface area contributed by atoms with Gasteiger partial charge in [0.25, 0.3) is 10.8 Å². The van der Waals surface area contributed by atoms with Gasteiger partial charge in [-0.1, -0.05) is 32.5 Å². The van der Waals surface area contributed by atoms with Crippen LogP contribution >= 0.6 is 11.8 Å². The largest absolute Gasteiger partial charge is 0.436 e. The summed E-state index contributed by atoms with van der Waals surface area (Å²) >= 11 is 1.38. The molecular weight excluding hydrogens is 330 g/mol. The van der Waals surface area contributed by atoms with Crippen LogP contribution in [0.3, 0.4) is 0 Å². The molecule has 128 valence electrons. The van der Waals surface area contributed by atoms with Crippen molar-refractivity contribution >= 4 is 22.9 Å². The highest BCUT2D eigenvalue weighted by molar-refractivity contribution is 7.98. The van der Waals surface area contributed by atoms with Gasteiger partial charge in [-0.15, -0.1) is 0 Å². The molecule has 0 aliphatic carbocycles. The molecule has 0 radical (unpaired) electrons. The molecule has 0 unspecified atom stereocenters. The molecule has 0 fully saturated rings. The van der Waals surface area contributed by atoms with Gasteiger partial charge in [0.05, 0.1) is 11.9 Å². The maximum Gasteiger partial charge on any atom is 0.332 e. The minimum Gasteiger partial charge on any atom is -0.436 e. The molecule has 24 heavy (non-hydrogen) atoms. The highest BCUT2D eigenvalue weighted by Gasteiger charge is 2.20. The Morgan fingerprint density at radius 1 is 1.25 bits per heavy atom. The summed E-state index contributed by atoms with van der Waals surface area (Å²) in [6.45, 7) is 6.16. The van der Waals surface area contributed by atoms with Crippen molar-refractivity contribution in [3.8, 4) is 0 Å². The first-order valence-electron chi connectivity index (χ1n) is 7.42. The Kier molecular flexibility index (Phi) is 3.90. The maximum absolute atomic E-state index is 12.1. The van der Waals surface area contributed by atoms with Crippen LogP contribution in [0.25, 0.3) is 11.2 Å². The lowest BCUT2D eigenvalue weighted by molar-refractivity contribution is 0.355. The third-order valence-corrected chi connectivity index (χ3v) is 4.55. The zero-order valence-electron chi connectivity index (χ0n) is 14.2. The van der Waals surface area contributed by atoms with Crippen LogP contribution in [0.15, 0.2) is 25.4 Å². The van der Waals surface area contributed by atoms with Crippen LogP contribution in [0.5, 0.6) is 0 Å². The van der Waals surface area contributed by atoms with E-state index in [1.807, 2.05) is 0 Å². The number of oxazole rings is 1. The molecule has 1 N–H and O–H groups in total. The minimum atomic E-state index is -0.402. The molecular formula is C15H19N5O3S. The predicted molar refractivity (Wildman–Crippen MR) is 91.3 cm³/mol. The SMILES string of the molecule is Cn1c(=O)c2[nH]c(CSc3ncc(C(C)(C)C)o3)nc2n(C)c1=O. The maximum atomic E-state index is 12.1. The second-order valence-corrected chi connectivity index (χ2v) is 7.54. The van der Waals surface area contributed by atoms with Crippen molar-refractivity contribution < 1.29 is 4.42 Å². The van der Waals surface area contributed by atoms with E-state index < -0.39 is 5.69 Å². The lowest BCUT2D eigenvalue weighted by atomic mass is 9.94. The van der Waals surface area contributed by atoms with E-state index in [1.165, 1.54) is 23.4 Å². The number of hydrogen-bond acceptors (Lipinski definition) is 6. The fourth-order valence-corrected chi connectivity index (χ4v) is 2.92. The van der Waals surface area contributed by atoms with Gasteiger partial charge < -0.3 is 9.40 Å². The van der Waals surface area contributed by atoms with Gasteiger partial charge in [-0.3, -0.25) is 13.9 Å². The quantitative estimate of drug-likeness (QED) is 0.720. The Hall–Kier alpha value is -2.29. The number of H-pyrrole nitrogens is 1. The van der Waals surface area contributed by atoms with Crippen LogP contribution < -0.4 is 11.2 Å². The van der Waals surface area contributed by atoms with Crippen molar-refractivity contribution in [2.24, 2.45) is 14.1 Å². The summed E-state index contributed by atoms with van der Waals surface area (Å²) in [4.78, 5) is 35.7. The molecule has 0 saturated heterocycles. The zero-order valence-corrected chi connectivity index (χ0v) is 15.0. The van der Waals surface area contributed by atoms with Crippen LogP contribution in [-0.4, -0.2) is 24.1 Å². The van der Waals surface area contributed by atoms with E-state index in [-0.39, 0.29) is 11.0 Å². The van der Waals surface area contributed by atoms with E-state index >= 15 is 0 Å². The number of nitrogens with one attached hydrogen (secondary N) is 1. The van der Waals surface area contributed by atoms with Crippen LogP contribution in [0.4, 0.5) is 0 Å². The number of fused-ring (bicyclic) bond motifs is 1. The summed E-state index contributed by atoms with van der Waals surface area (Å²) < 4.78 is 8.13. The molecule has 0 atom stereocenters. The first-order chi connectivity index (χ1) is 11.2. The standard InChI is InChI=1S/C15H19N5O3S/c1-15(2,3)8-6-16-13(23-8)24-7-9-17-10-11(18-9)19(4)14(22)20(5)12(10)21/h6H,7H2,1-5H3,(H,17,18). The van der Waals surface area contributed by atoms with Gasteiger partial charge in [0, 0.05) is 19.5 Å². The third kappa shape index (κ3) is 2.79. The number of hydrogen-bond donors (Lipinski definition) is 1. The number of aromatic amines is 1. The van der Waals surface area contributed by atoms with Crippen LogP contribution in [0.1, 0.15) is 32.4 Å². The van der Waals surface area contributed by atoms with Crippen LogP contribution in [-0.2, 0) is 25.3 Å². The summed E-state index contributed by atoms with van der Waals surface area (Å²) in [5, 5.41) is 0.544. The Morgan fingerprint density at radius 2 is 1.96 bits per heavy atom. The van der Waals surface area contributed by atoms with E-state index in [0.717, 1.165) is 10.3 Å². The van der Waals surface area contributed by atoms with Gasteiger partial charge >= 0.3 is 5.69 Å². The summed E-state index contributed by atoms with van der Waals surface area (Å²) in [6.07, 6.45) is 1.72. The van der Waals surface area contributed by atoms with Crippen molar-refractivity contribution in [2.75, 3.05) is 0 Å². The molecule has 3 heterocycles. The lowest BCUT2D eigenvalue weighted by Gasteiger charge is -2.12. The van der Waals surface area contributed by atoms with Crippen LogP contribution in [0, 0.1) is 0 Å². The molecule has 0 bridgehead atoms. The Bertz CT molecular complexity index is 1020. The third-order valence-electron chi connectivity index (χ3n) is 3.70. The van der Waals surface area contributed by atoms with E-state index in [4.69, 9.17) is 4.42 Å². The van der Waals surface area contributed by atoms with Gasteiger partial charge in [-0.2, -0.15) is 0 Å². The highest BCUT2D eigenvalue weighted by Crippen LogP contribution is 2.28. The van der Waals surface area contributed by atoms with Crippen molar-refractivity contribution in [1.82, 2.24) is 24.1 Å². The number of imidazole rings is 1. The number of aromatic nitrogens is 5. The molecule has 3 rings (SSSR count). The van der Waals surface area contributed by atoms with Gasteiger partial charge in [0.2, 0.25) is 0 Å².